The second-order valence-electron chi connectivity index (χ2n) is 7.74. The number of ether oxygens (including phenoxy) is 2. The van der Waals surface area contributed by atoms with Crippen molar-refractivity contribution in [3.8, 4) is 5.75 Å². The molecule has 0 N–H and O–H groups in total. The van der Waals surface area contributed by atoms with Crippen molar-refractivity contribution in [1.82, 2.24) is 8.87 Å². The van der Waals surface area contributed by atoms with E-state index < -0.39 is 22.0 Å². The quantitative estimate of drug-likeness (QED) is 0.420. The van der Waals surface area contributed by atoms with Crippen molar-refractivity contribution in [2.24, 2.45) is 4.99 Å². The maximum atomic E-state index is 13.3. The van der Waals surface area contributed by atoms with Crippen LogP contribution in [0.25, 0.3) is 10.2 Å². The van der Waals surface area contributed by atoms with Crippen molar-refractivity contribution < 1.29 is 22.7 Å². The second kappa shape index (κ2) is 10.6. The van der Waals surface area contributed by atoms with Crippen molar-refractivity contribution in [3.05, 3.63) is 52.3 Å². The molecule has 1 fully saturated rings. The van der Waals surface area contributed by atoms with Crippen LogP contribution in [0, 0.1) is 0 Å². The highest BCUT2D eigenvalue weighted by molar-refractivity contribution is 7.89. The summed E-state index contributed by atoms with van der Waals surface area (Å²) in [6.07, 6.45) is 1.01. The lowest BCUT2D eigenvalue weighted by Gasteiger charge is -2.21. The molecule has 1 aliphatic rings. The number of methoxy groups -OCH3 is 1. The van der Waals surface area contributed by atoms with Crippen LogP contribution in [0.3, 0.4) is 0 Å². The Morgan fingerprint density at radius 2 is 2.00 bits per heavy atom. The van der Waals surface area contributed by atoms with E-state index in [0.717, 1.165) is 10.2 Å². The highest BCUT2D eigenvalue weighted by atomic mass is 35.5. The zero-order chi connectivity index (χ0) is 24.3. The number of halogens is 1. The van der Waals surface area contributed by atoms with Crippen molar-refractivity contribution in [2.75, 3.05) is 26.9 Å². The van der Waals surface area contributed by atoms with Crippen LogP contribution < -0.4 is 9.54 Å². The molecule has 0 spiro atoms. The van der Waals surface area contributed by atoms with Gasteiger partial charge in [0.15, 0.2) is 4.80 Å². The van der Waals surface area contributed by atoms with E-state index >= 15 is 0 Å². The third-order valence-corrected chi connectivity index (χ3v) is 8.88. The molecule has 8 nitrogen and oxygen atoms in total. The fourth-order valence-electron chi connectivity index (χ4n) is 3.97. The van der Waals surface area contributed by atoms with Crippen LogP contribution in [-0.4, -0.2) is 56.1 Å². The van der Waals surface area contributed by atoms with Crippen LogP contribution >= 0.6 is 22.9 Å². The lowest BCUT2D eigenvalue weighted by molar-refractivity contribution is -0.121. The SMILES string of the molecule is CCOCCn1c(=NC(=O)C2CCCN2S(=O)(=O)c2ccc(Cl)cc2)sc2cc(OC)ccc21. The molecule has 1 atom stereocenters. The van der Waals surface area contributed by atoms with Crippen molar-refractivity contribution >= 4 is 49.1 Å². The van der Waals surface area contributed by atoms with Crippen LogP contribution in [0.5, 0.6) is 5.75 Å². The van der Waals surface area contributed by atoms with Gasteiger partial charge in [-0.2, -0.15) is 9.30 Å². The van der Waals surface area contributed by atoms with E-state index in [9.17, 15) is 13.2 Å². The Kier molecular flexibility index (Phi) is 7.73. The minimum atomic E-state index is -3.85. The molecule has 1 amide bonds. The van der Waals surface area contributed by atoms with Crippen molar-refractivity contribution in [2.45, 2.75) is 37.2 Å². The Morgan fingerprint density at radius 3 is 2.71 bits per heavy atom. The summed E-state index contributed by atoms with van der Waals surface area (Å²) < 4.78 is 41.4. The van der Waals surface area contributed by atoms with Gasteiger partial charge >= 0.3 is 0 Å². The molecule has 0 saturated carbocycles. The van der Waals surface area contributed by atoms with Gasteiger partial charge in [0.1, 0.15) is 11.8 Å². The lowest BCUT2D eigenvalue weighted by atomic mass is 10.2. The first-order valence-electron chi connectivity index (χ1n) is 11.0. The molecule has 1 saturated heterocycles. The molecule has 11 heteroatoms. The molecule has 3 aromatic rings. The number of sulfonamides is 1. The average Bonchev–Trinajstić information content (AvgIpc) is 3.45. The second-order valence-corrected chi connectivity index (χ2v) is 11.1. The first kappa shape index (κ1) is 24.9. The number of fused-ring (bicyclic) bond motifs is 1. The predicted octanol–water partition coefficient (Wildman–Crippen LogP) is 3.68. The molecule has 0 aliphatic carbocycles. The fraction of sp³-hybridized carbons (Fsp3) is 0.391. The Balaban J connectivity index is 1.70. The van der Waals surface area contributed by atoms with Gasteiger partial charge < -0.3 is 14.0 Å². The molecule has 1 aliphatic heterocycles. The number of carbonyl (C=O) groups excluding carboxylic acids is 1. The molecule has 1 aromatic heterocycles. The van der Waals surface area contributed by atoms with Gasteiger partial charge in [0.2, 0.25) is 10.0 Å². The summed E-state index contributed by atoms with van der Waals surface area (Å²) in [6, 6.07) is 10.8. The summed E-state index contributed by atoms with van der Waals surface area (Å²) in [4.78, 5) is 18.3. The molecule has 2 heterocycles. The van der Waals surface area contributed by atoms with E-state index in [0.29, 0.717) is 48.2 Å². The number of benzene rings is 2. The van der Waals surface area contributed by atoms with Gasteiger partial charge in [-0.25, -0.2) is 8.42 Å². The maximum Gasteiger partial charge on any atom is 0.266 e. The zero-order valence-electron chi connectivity index (χ0n) is 18.9. The van der Waals surface area contributed by atoms with Gasteiger partial charge in [-0.3, -0.25) is 4.79 Å². The Labute approximate surface area is 207 Å². The number of hydrogen-bond donors (Lipinski definition) is 0. The topological polar surface area (TPSA) is 90.2 Å². The van der Waals surface area contributed by atoms with E-state index in [1.165, 1.54) is 39.9 Å². The third kappa shape index (κ3) is 5.06. The van der Waals surface area contributed by atoms with E-state index in [2.05, 4.69) is 4.99 Å². The number of nitrogens with zero attached hydrogens (tertiary/aromatic N) is 3. The van der Waals surface area contributed by atoms with Crippen LogP contribution in [0.4, 0.5) is 0 Å². The number of thiazole rings is 1. The van der Waals surface area contributed by atoms with E-state index in [1.807, 2.05) is 29.7 Å². The number of rotatable bonds is 8. The summed E-state index contributed by atoms with van der Waals surface area (Å²) in [5.74, 6) is 0.235. The van der Waals surface area contributed by atoms with Crippen molar-refractivity contribution in [1.29, 1.82) is 0 Å². The van der Waals surface area contributed by atoms with Gasteiger partial charge in [0.05, 0.1) is 28.8 Å². The largest absolute Gasteiger partial charge is 0.497 e. The average molecular weight is 524 g/mol. The Hall–Kier alpha value is -2.24. The smallest absolute Gasteiger partial charge is 0.266 e. The highest BCUT2D eigenvalue weighted by Crippen LogP contribution is 2.28. The minimum Gasteiger partial charge on any atom is -0.497 e. The molecule has 2 aromatic carbocycles. The number of amides is 1. The highest BCUT2D eigenvalue weighted by Gasteiger charge is 2.39. The number of hydrogen-bond acceptors (Lipinski definition) is 6. The summed E-state index contributed by atoms with van der Waals surface area (Å²) >= 11 is 7.27. The normalized spacial score (nSPS) is 17.5. The molecule has 0 radical (unpaired) electrons. The first-order valence-corrected chi connectivity index (χ1v) is 13.6. The molecular formula is C23H26ClN3O5S2. The Bertz CT molecular complexity index is 1350. The third-order valence-electron chi connectivity index (χ3n) is 5.67. The summed E-state index contributed by atoms with van der Waals surface area (Å²) in [7, 11) is -2.25. The minimum absolute atomic E-state index is 0.109. The van der Waals surface area contributed by atoms with Gasteiger partial charge in [0.25, 0.3) is 5.91 Å². The molecule has 1 unspecified atom stereocenters. The lowest BCUT2D eigenvalue weighted by Crippen LogP contribution is -2.40. The monoisotopic (exact) mass is 523 g/mol. The first-order chi connectivity index (χ1) is 16.3. The van der Waals surface area contributed by atoms with Crippen LogP contribution in [0.15, 0.2) is 52.4 Å². The predicted molar refractivity (Wildman–Crippen MR) is 132 cm³/mol. The summed E-state index contributed by atoms with van der Waals surface area (Å²) in [6.45, 7) is 3.76. The zero-order valence-corrected chi connectivity index (χ0v) is 21.3. The van der Waals surface area contributed by atoms with E-state index in [4.69, 9.17) is 21.1 Å². The maximum absolute atomic E-state index is 13.3. The van der Waals surface area contributed by atoms with E-state index in [1.54, 1.807) is 7.11 Å². The van der Waals surface area contributed by atoms with Gasteiger partial charge in [0, 0.05) is 24.7 Å². The number of aromatic nitrogens is 1. The van der Waals surface area contributed by atoms with Gasteiger partial charge in [-0.15, -0.1) is 0 Å². The van der Waals surface area contributed by atoms with Crippen LogP contribution in [-0.2, 0) is 26.1 Å². The van der Waals surface area contributed by atoms with Gasteiger partial charge in [-0.05, 0) is 62.2 Å². The standard InChI is InChI=1S/C23H26ClN3O5S2/c1-3-32-14-13-26-19-11-8-17(31-2)15-21(19)33-23(26)25-22(28)20-5-4-12-27(20)34(29,30)18-9-6-16(24)7-10-18/h6-11,15,20H,3-5,12-14H2,1-2H3. The fourth-order valence-corrected chi connectivity index (χ4v) is 6.83. The van der Waals surface area contributed by atoms with E-state index in [-0.39, 0.29) is 11.4 Å². The molecule has 0 bridgehead atoms. The number of carbonyl (C=O) groups is 1. The summed E-state index contributed by atoms with van der Waals surface area (Å²) in [5, 5.41) is 0.445. The van der Waals surface area contributed by atoms with Crippen molar-refractivity contribution in [3.63, 3.8) is 0 Å². The van der Waals surface area contributed by atoms with Gasteiger partial charge in [-0.1, -0.05) is 22.9 Å². The van der Waals surface area contributed by atoms with Crippen LogP contribution in [0.2, 0.25) is 5.02 Å². The molecule has 34 heavy (non-hydrogen) atoms. The Morgan fingerprint density at radius 1 is 1.24 bits per heavy atom. The summed E-state index contributed by atoms with van der Waals surface area (Å²) in [5.41, 5.74) is 0.911. The van der Waals surface area contributed by atoms with Crippen LogP contribution in [0.1, 0.15) is 19.8 Å². The molecule has 182 valence electrons. The molecule has 4 rings (SSSR count). The molecular weight excluding hydrogens is 498 g/mol.